The molecule has 0 saturated carbocycles. The van der Waals surface area contributed by atoms with Crippen molar-refractivity contribution >= 4 is 6.41 Å². The van der Waals surface area contributed by atoms with Crippen molar-refractivity contribution in [1.29, 1.82) is 0 Å². The van der Waals surface area contributed by atoms with E-state index in [1.807, 2.05) is 0 Å². The second kappa shape index (κ2) is 9.54. The van der Waals surface area contributed by atoms with E-state index in [-0.39, 0.29) is 23.4 Å². The Labute approximate surface area is 159 Å². The monoisotopic (exact) mass is 399 g/mol. The Morgan fingerprint density at radius 2 is 1.75 bits per heavy atom. The number of nitrogens with zero attached hydrogens (tertiary/aromatic N) is 3. The van der Waals surface area contributed by atoms with E-state index >= 15 is 0 Å². The molecular weight excluding hydrogens is 378 g/mol. The number of hydrogen-bond acceptors (Lipinski definition) is 5. The lowest BCUT2D eigenvalue weighted by molar-refractivity contribution is -0.145. The number of halogens is 4. The Hall–Kier alpha value is -2.62. The predicted octanol–water partition coefficient (Wildman–Crippen LogP) is 3.09. The number of nitrogens with one attached hydrogen (secondary N) is 2. The highest BCUT2D eigenvalue weighted by Crippen LogP contribution is 2.26. The highest BCUT2D eigenvalue weighted by Gasteiger charge is 2.34. The van der Waals surface area contributed by atoms with Crippen LogP contribution in [0, 0.1) is 5.82 Å². The Morgan fingerprint density at radius 3 is 2.21 bits per heavy atom. The zero-order chi connectivity index (χ0) is 20.7. The summed E-state index contributed by atoms with van der Waals surface area (Å²) in [6.45, 7) is 4.42. The molecular formula is C18H21F4N5O. The number of amides is 1. The molecule has 2 aromatic rings. The van der Waals surface area contributed by atoms with Gasteiger partial charge in [-0.05, 0) is 32.8 Å². The van der Waals surface area contributed by atoms with Crippen LogP contribution in [0.2, 0.25) is 0 Å². The fourth-order valence-corrected chi connectivity index (χ4v) is 2.68. The van der Waals surface area contributed by atoms with E-state index < -0.39 is 17.8 Å². The van der Waals surface area contributed by atoms with Crippen molar-refractivity contribution < 1.29 is 22.4 Å². The van der Waals surface area contributed by atoms with Crippen LogP contribution in [-0.2, 0) is 17.5 Å². The van der Waals surface area contributed by atoms with E-state index in [9.17, 15) is 22.4 Å². The fraction of sp³-hybridized carbons (Fsp3) is 0.444. The molecule has 1 saturated heterocycles. The molecule has 10 heteroatoms. The van der Waals surface area contributed by atoms with Gasteiger partial charge in [0.1, 0.15) is 5.82 Å². The lowest BCUT2D eigenvalue weighted by Crippen LogP contribution is -2.23. The number of pyridine rings is 1. The number of rotatable bonds is 4. The summed E-state index contributed by atoms with van der Waals surface area (Å²) in [4.78, 5) is 20.4. The second-order valence-corrected chi connectivity index (χ2v) is 6.50. The molecule has 0 aliphatic carbocycles. The van der Waals surface area contributed by atoms with Crippen LogP contribution in [0.25, 0.3) is 11.3 Å². The molecule has 1 aliphatic heterocycles. The summed E-state index contributed by atoms with van der Waals surface area (Å²) >= 11 is 0. The molecule has 1 aliphatic rings. The average molecular weight is 399 g/mol. The third-order valence-electron chi connectivity index (χ3n) is 4.11. The summed E-state index contributed by atoms with van der Waals surface area (Å²) in [6.07, 6.45) is 1.31. The van der Waals surface area contributed by atoms with Crippen molar-refractivity contribution in [2.24, 2.45) is 0 Å². The minimum atomic E-state index is -4.63. The summed E-state index contributed by atoms with van der Waals surface area (Å²) < 4.78 is 50.5. The van der Waals surface area contributed by atoms with Gasteiger partial charge in [-0.2, -0.15) is 13.2 Å². The largest absolute Gasteiger partial charge is 0.451 e. The van der Waals surface area contributed by atoms with E-state index in [0.717, 1.165) is 30.7 Å². The lowest BCUT2D eigenvalue weighted by atomic mass is 10.1. The van der Waals surface area contributed by atoms with Crippen LogP contribution < -0.4 is 10.6 Å². The Bertz CT molecular complexity index is 775. The first kappa shape index (κ1) is 21.7. The standard InChI is InChI=1S/C12H8F4N4O.C6H13N/c13-9-5-18-10(1-7(9)2-17-6-21)8-3-19-11(20-4-8)12(14,15)16;1-5-3-4-6(2)7-5/h1,3-6H,2H2,(H,17,21);5-7H,3-4H2,1-2H3. The van der Waals surface area contributed by atoms with E-state index in [4.69, 9.17) is 0 Å². The van der Waals surface area contributed by atoms with Gasteiger partial charge in [0.05, 0.1) is 11.9 Å². The normalized spacial score (nSPS) is 18.9. The molecule has 2 N–H and O–H groups in total. The van der Waals surface area contributed by atoms with Gasteiger partial charge in [-0.3, -0.25) is 9.78 Å². The zero-order valence-corrected chi connectivity index (χ0v) is 15.4. The number of carbonyl (C=O) groups is 1. The maximum Gasteiger partial charge on any atom is 0.451 e. The van der Waals surface area contributed by atoms with E-state index in [0.29, 0.717) is 6.41 Å². The first-order chi connectivity index (χ1) is 13.2. The minimum Gasteiger partial charge on any atom is -0.354 e. The first-order valence-corrected chi connectivity index (χ1v) is 8.67. The minimum absolute atomic E-state index is 0.0631. The maximum absolute atomic E-state index is 13.4. The van der Waals surface area contributed by atoms with Gasteiger partial charge < -0.3 is 10.6 Å². The van der Waals surface area contributed by atoms with Crippen LogP contribution in [0.5, 0.6) is 0 Å². The smallest absolute Gasteiger partial charge is 0.354 e. The Kier molecular flexibility index (Phi) is 7.38. The van der Waals surface area contributed by atoms with Gasteiger partial charge in [0, 0.05) is 42.1 Å². The molecule has 2 atom stereocenters. The number of alkyl halides is 3. The third-order valence-corrected chi connectivity index (χ3v) is 4.11. The SMILES string of the molecule is CC1CCC(C)N1.O=CNCc1cc(-c2cnc(C(F)(F)F)nc2)ncc1F. The van der Waals surface area contributed by atoms with Crippen molar-refractivity contribution in [2.75, 3.05) is 0 Å². The van der Waals surface area contributed by atoms with Crippen LogP contribution in [0.15, 0.2) is 24.7 Å². The van der Waals surface area contributed by atoms with Gasteiger partial charge in [-0.15, -0.1) is 0 Å². The molecule has 28 heavy (non-hydrogen) atoms. The summed E-state index contributed by atoms with van der Waals surface area (Å²) in [5, 5.41) is 5.70. The quantitative estimate of drug-likeness (QED) is 0.610. The third kappa shape index (κ3) is 6.22. The molecule has 3 heterocycles. The van der Waals surface area contributed by atoms with Crippen LogP contribution in [0.4, 0.5) is 17.6 Å². The van der Waals surface area contributed by atoms with Crippen LogP contribution in [0.1, 0.15) is 38.1 Å². The molecule has 0 spiro atoms. The van der Waals surface area contributed by atoms with E-state index in [2.05, 4.69) is 39.4 Å². The van der Waals surface area contributed by atoms with Gasteiger partial charge in [-0.1, -0.05) is 0 Å². The molecule has 0 bridgehead atoms. The van der Waals surface area contributed by atoms with Crippen LogP contribution in [-0.4, -0.2) is 33.4 Å². The summed E-state index contributed by atoms with van der Waals surface area (Å²) in [5.41, 5.74) is 0.551. The van der Waals surface area contributed by atoms with Gasteiger partial charge in [0.2, 0.25) is 12.2 Å². The highest BCUT2D eigenvalue weighted by atomic mass is 19.4. The molecule has 2 unspecified atom stereocenters. The topological polar surface area (TPSA) is 79.8 Å². The number of aromatic nitrogens is 3. The van der Waals surface area contributed by atoms with Crippen molar-refractivity contribution in [1.82, 2.24) is 25.6 Å². The van der Waals surface area contributed by atoms with Gasteiger partial charge in [0.25, 0.3) is 0 Å². The Balaban J connectivity index is 0.000000336. The molecule has 0 aromatic carbocycles. The average Bonchev–Trinajstić information content (AvgIpc) is 3.04. The molecule has 1 fully saturated rings. The lowest BCUT2D eigenvalue weighted by Gasteiger charge is -2.07. The molecule has 152 valence electrons. The highest BCUT2D eigenvalue weighted by molar-refractivity contribution is 5.57. The molecule has 6 nitrogen and oxygen atoms in total. The summed E-state index contributed by atoms with van der Waals surface area (Å²) in [7, 11) is 0. The number of hydrogen-bond donors (Lipinski definition) is 2. The van der Waals surface area contributed by atoms with Crippen molar-refractivity contribution in [3.05, 3.63) is 41.9 Å². The first-order valence-electron chi connectivity index (χ1n) is 8.67. The molecule has 0 radical (unpaired) electrons. The van der Waals surface area contributed by atoms with Crippen molar-refractivity contribution in [3.63, 3.8) is 0 Å². The second-order valence-electron chi connectivity index (χ2n) is 6.50. The molecule has 3 rings (SSSR count). The molecule has 1 amide bonds. The van der Waals surface area contributed by atoms with E-state index in [1.165, 1.54) is 18.9 Å². The maximum atomic E-state index is 13.4. The van der Waals surface area contributed by atoms with Crippen molar-refractivity contribution in [2.45, 2.75) is 51.5 Å². The van der Waals surface area contributed by atoms with Crippen LogP contribution >= 0.6 is 0 Å². The van der Waals surface area contributed by atoms with E-state index in [1.54, 1.807) is 0 Å². The predicted molar refractivity (Wildman–Crippen MR) is 94.4 cm³/mol. The fourth-order valence-electron chi connectivity index (χ4n) is 2.68. The summed E-state index contributed by atoms with van der Waals surface area (Å²) in [6, 6.07) is 2.85. The summed E-state index contributed by atoms with van der Waals surface area (Å²) in [5.74, 6) is -1.91. The van der Waals surface area contributed by atoms with Gasteiger partial charge >= 0.3 is 6.18 Å². The van der Waals surface area contributed by atoms with Crippen LogP contribution in [0.3, 0.4) is 0 Å². The zero-order valence-electron chi connectivity index (χ0n) is 15.4. The van der Waals surface area contributed by atoms with Gasteiger partial charge in [0.15, 0.2) is 0 Å². The van der Waals surface area contributed by atoms with Gasteiger partial charge in [-0.25, -0.2) is 14.4 Å². The Morgan fingerprint density at radius 1 is 1.14 bits per heavy atom. The number of carbonyl (C=O) groups excluding carboxylic acids is 1. The molecule has 2 aromatic heterocycles. The van der Waals surface area contributed by atoms with Crippen molar-refractivity contribution in [3.8, 4) is 11.3 Å².